The smallest absolute Gasteiger partial charge is 0.435 e. The van der Waals surface area contributed by atoms with Gasteiger partial charge in [-0.25, -0.2) is 13.4 Å². The van der Waals surface area contributed by atoms with Crippen molar-refractivity contribution >= 4 is 21.3 Å². The number of rotatable bonds is 6. The van der Waals surface area contributed by atoms with Crippen molar-refractivity contribution in [3.05, 3.63) is 65.1 Å². The summed E-state index contributed by atoms with van der Waals surface area (Å²) in [6.45, 7) is 1.00. The van der Waals surface area contributed by atoms with E-state index in [4.69, 9.17) is 14.3 Å². The molecule has 0 saturated carbocycles. The van der Waals surface area contributed by atoms with E-state index in [2.05, 4.69) is 15.5 Å². The monoisotopic (exact) mass is 498 g/mol. The molecule has 3 aromatic rings. The lowest BCUT2D eigenvalue weighted by Crippen LogP contribution is -2.21. The topological polar surface area (TPSA) is 114 Å². The average molecular weight is 498 g/mol. The fraction of sp³-hybridized carbons (Fsp3) is 0.190. The third-order valence-electron chi connectivity index (χ3n) is 4.57. The third-order valence-corrected chi connectivity index (χ3v) is 5.72. The third kappa shape index (κ3) is 5.42. The number of methoxy groups -OCH3 is 1. The lowest BCUT2D eigenvalue weighted by Gasteiger charge is -2.16. The Morgan fingerprint density at radius 1 is 1.15 bits per heavy atom. The Labute approximate surface area is 191 Å². The maximum Gasteiger partial charge on any atom is 0.435 e. The van der Waals surface area contributed by atoms with Crippen molar-refractivity contribution in [3.8, 4) is 17.4 Å². The molecule has 0 aliphatic carbocycles. The van der Waals surface area contributed by atoms with E-state index in [1.807, 2.05) is 0 Å². The first-order chi connectivity index (χ1) is 15.8. The van der Waals surface area contributed by atoms with Crippen molar-refractivity contribution < 1.29 is 36.0 Å². The van der Waals surface area contributed by atoms with Gasteiger partial charge in [-0.15, -0.1) is 10.2 Å². The number of anilines is 1. The van der Waals surface area contributed by atoms with Gasteiger partial charge in [-0.1, -0.05) is 6.07 Å². The van der Waals surface area contributed by atoms with Crippen LogP contribution in [0.1, 0.15) is 21.6 Å². The van der Waals surface area contributed by atoms with E-state index in [-0.39, 0.29) is 16.3 Å². The van der Waals surface area contributed by atoms with Gasteiger partial charge in [-0.05, 0) is 42.8 Å². The van der Waals surface area contributed by atoms with Crippen LogP contribution in [0.4, 0.5) is 23.2 Å². The Morgan fingerprint density at radius 2 is 1.85 bits per heavy atom. The van der Waals surface area contributed by atoms with Crippen LogP contribution in [0.5, 0.6) is 17.4 Å². The minimum absolute atomic E-state index is 0.0626. The second-order valence-corrected chi connectivity index (χ2v) is 9.23. The zero-order chi connectivity index (χ0) is 25.3. The lowest BCUT2D eigenvalue weighted by molar-refractivity contribution is -0.142. The number of hydrogen-bond donors (Lipinski definition) is 2. The number of amides is 1. The van der Waals surface area contributed by atoms with Gasteiger partial charge in [-0.3, -0.25) is 4.79 Å². The summed E-state index contributed by atoms with van der Waals surface area (Å²) >= 11 is 0. The van der Waals surface area contributed by atoms with Gasteiger partial charge in [0.1, 0.15) is 11.3 Å². The van der Waals surface area contributed by atoms with Crippen LogP contribution in [0.2, 0.25) is 0 Å². The average Bonchev–Trinajstić information content (AvgIpc) is 2.74. The van der Waals surface area contributed by atoms with Crippen LogP contribution >= 0.6 is 0 Å². The SMILES string of the molecule is COc1ccc(F)c(Oc2nnc(C(F)(F)F)c(C)c2C(=O)Nc2cccc(S(C)(=N)=O)c2)c1. The van der Waals surface area contributed by atoms with E-state index in [1.54, 1.807) is 0 Å². The molecule has 1 heterocycles. The molecule has 34 heavy (non-hydrogen) atoms. The standard InChI is InChI=1S/C21H18F4N4O4S/c1-11-17(19(30)27-12-5-4-6-14(9-12)34(3,26)31)20(29-28-18(11)21(23,24)25)33-16-10-13(32-2)7-8-15(16)22/h4-10,26H,1-3H3,(H,27,30). The molecular formula is C21H18F4N4O4S. The molecule has 2 aromatic carbocycles. The number of halogens is 4. The van der Waals surface area contributed by atoms with E-state index >= 15 is 0 Å². The summed E-state index contributed by atoms with van der Waals surface area (Å²) in [5.74, 6) is -2.89. The fourth-order valence-corrected chi connectivity index (χ4v) is 3.60. The van der Waals surface area contributed by atoms with Crippen molar-refractivity contribution in [3.63, 3.8) is 0 Å². The summed E-state index contributed by atoms with van der Waals surface area (Å²) in [5.41, 5.74) is -2.60. The molecule has 0 saturated heterocycles. The maximum atomic E-state index is 14.2. The number of alkyl halides is 3. The lowest BCUT2D eigenvalue weighted by atomic mass is 10.1. The first kappa shape index (κ1) is 24.9. The van der Waals surface area contributed by atoms with E-state index in [1.165, 1.54) is 43.7 Å². The fourth-order valence-electron chi connectivity index (χ4n) is 2.91. The summed E-state index contributed by atoms with van der Waals surface area (Å²) in [7, 11) is -1.80. The first-order valence-corrected chi connectivity index (χ1v) is 11.4. The van der Waals surface area contributed by atoms with Crippen LogP contribution in [0, 0.1) is 17.5 Å². The van der Waals surface area contributed by atoms with Gasteiger partial charge in [0.15, 0.2) is 17.3 Å². The van der Waals surface area contributed by atoms with Gasteiger partial charge in [-0.2, -0.15) is 13.2 Å². The van der Waals surface area contributed by atoms with E-state index in [9.17, 15) is 26.6 Å². The van der Waals surface area contributed by atoms with Crippen molar-refractivity contribution in [1.82, 2.24) is 10.2 Å². The maximum absolute atomic E-state index is 14.2. The normalized spacial score (nSPS) is 13.1. The number of carbonyl (C=O) groups excluding carboxylic acids is 1. The summed E-state index contributed by atoms with van der Waals surface area (Å²) in [6, 6.07) is 8.91. The number of aromatic nitrogens is 2. The molecule has 1 amide bonds. The van der Waals surface area contributed by atoms with Gasteiger partial charge >= 0.3 is 6.18 Å². The molecule has 0 aliphatic heterocycles. The minimum Gasteiger partial charge on any atom is -0.497 e. The highest BCUT2D eigenvalue weighted by molar-refractivity contribution is 7.91. The summed E-state index contributed by atoms with van der Waals surface area (Å²) in [5, 5.41) is 8.87. The Kier molecular flexibility index (Phi) is 6.77. The van der Waals surface area contributed by atoms with Crippen LogP contribution in [0.3, 0.4) is 0 Å². The second kappa shape index (κ2) is 9.25. The largest absolute Gasteiger partial charge is 0.497 e. The molecule has 0 spiro atoms. The molecule has 3 rings (SSSR count). The van der Waals surface area contributed by atoms with Crippen molar-refractivity contribution in [2.24, 2.45) is 0 Å². The van der Waals surface area contributed by atoms with Crippen LogP contribution in [0.15, 0.2) is 47.4 Å². The molecule has 0 aliphatic rings. The predicted octanol–water partition coefficient (Wildman–Crippen LogP) is 5.03. The summed E-state index contributed by atoms with van der Waals surface area (Å²) in [4.78, 5) is 13.1. The van der Waals surface area contributed by atoms with Crippen LogP contribution < -0.4 is 14.8 Å². The van der Waals surface area contributed by atoms with Crippen LogP contribution in [-0.2, 0) is 15.9 Å². The van der Waals surface area contributed by atoms with Crippen LogP contribution in [-0.4, -0.2) is 33.7 Å². The highest BCUT2D eigenvalue weighted by Gasteiger charge is 2.38. The Balaban J connectivity index is 2.09. The molecule has 1 aromatic heterocycles. The molecule has 1 unspecified atom stereocenters. The second-order valence-electron chi connectivity index (χ2n) is 7.08. The number of carbonyl (C=O) groups is 1. The molecule has 2 N–H and O–H groups in total. The van der Waals surface area contributed by atoms with E-state index < -0.39 is 56.1 Å². The number of nitrogens with zero attached hydrogens (tertiary/aromatic N) is 2. The Morgan fingerprint density at radius 3 is 2.47 bits per heavy atom. The summed E-state index contributed by atoms with van der Waals surface area (Å²) in [6.07, 6.45) is -3.75. The number of nitrogens with one attached hydrogen (secondary N) is 2. The van der Waals surface area contributed by atoms with Gasteiger partial charge < -0.3 is 14.8 Å². The molecule has 13 heteroatoms. The van der Waals surface area contributed by atoms with Gasteiger partial charge in [0.05, 0.1) is 16.8 Å². The molecule has 180 valence electrons. The number of benzene rings is 2. The molecule has 0 radical (unpaired) electrons. The number of hydrogen-bond acceptors (Lipinski definition) is 7. The Bertz CT molecular complexity index is 1360. The summed E-state index contributed by atoms with van der Waals surface area (Å²) < 4.78 is 84.5. The zero-order valence-corrected chi connectivity index (χ0v) is 18.8. The quantitative estimate of drug-likeness (QED) is 0.461. The molecule has 8 nitrogen and oxygen atoms in total. The predicted molar refractivity (Wildman–Crippen MR) is 114 cm³/mol. The van der Waals surface area contributed by atoms with Crippen molar-refractivity contribution in [2.45, 2.75) is 18.0 Å². The number of ether oxygens (including phenoxy) is 2. The molecule has 0 fully saturated rings. The minimum atomic E-state index is -4.93. The van der Waals surface area contributed by atoms with E-state index in [0.717, 1.165) is 19.1 Å². The van der Waals surface area contributed by atoms with Gasteiger partial charge in [0, 0.05) is 22.9 Å². The van der Waals surface area contributed by atoms with Crippen LogP contribution in [0.25, 0.3) is 0 Å². The Hall–Kier alpha value is -3.74. The first-order valence-electron chi connectivity index (χ1n) is 9.42. The van der Waals surface area contributed by atoms with Gasteiger partial charge in [0.2, 0.25) is 0 Å². The van der Waals surface area contributed by atoms with Crippen molar-refractivity contribution in [1.29, 1.82) is 4.78 Å². The van der Waals surface area contributed by atoms with Crippen molar-refractivity contribution in [2.75, 3.05) is 18.7 Å². The molecule has 1 atom stereocenters. The molecule has 0 bridgehead atoms. The highest BCUT2D eigenvalue weighted by atomic mass is 32.2. The highest BCUT2D eigenvalue weighted by Crippen LogP contribution is 2.36. The van der Waals surface area contributed by atoms with Gasteiger partial charge in [0.25, 0.3) is 11.8 Å². The molecular weight excluding hydrogens is 480 g/mol. The zero-order valence-electron chi connectivity index (χ0n) is 18.0. The van der Waals surface area contributed by atoms with E-state index in [0.29, 0.717) is 0 Å².